The topological polar surface area (TPSA) is 54.4 Å². The van der Waals surface area contributed by atoms with Gasteiger partial charge in [0.1, 0.15) is 11.6 Å². The Kier molecular flexibility index (Phi) is 5.76. The van der Waals surface area contributed by atoms with Crippen LogP contribution in [0.4, 0.5) is 0 Å². The first-order valence-corrected chi connectivity index (χ1v) is 8.20. The molecular weight excluding hydrogens is 264 g/mol. The van der Waals surface area contributed by atoms with Crippen molar-refractivity contribution in [1.29, 1.82) is 0 Å². The zero-order valence-electron chi connectivity index (χ0n) is 14.5. The van der Waals surface area contributed by atoms with Gasteiger partial charge in [0.2, 0.25) is 0 Å². The Hall–Kier alpha value is -0.700. The minimum absolute atomic E-state index is 0.0359. The summed E-state index contributed by atoms with van der Waals surface area (Å²) in [6, 6.07) is 0. The molecule has 0 saturated heterocycles. The predicted octanol–water partition coefficient (Wildman–Crippen LogP) is 3.77. The molecular formula is C18H32O3. The molecule has 1 saturated carbocycles. The van der Waals surface area contributed by atoms with Gasteiger partial charge in [-0.3, -0.25) is 9.59 Å². The Morgan fingerprint density at radius 3 is 2.43 bits per heavy atom. The zero-order valence-corrected chi connectivity index (χ0v) is 14.5. The maximum atomic E-state index is 12.3. The Labute approximate surface area is 129 Å². The second-order valence-corrected chi connectivity index (χ2v) is 8.31. The van der Waals surface area contributed by atoms with Crippen LogP contribution in [0.15, 0.2) is 0 Å². The highest BCUT2D eigenvalue weighted by molar-refractivity contribution is 5.84. The molecule has 0 aromatic heterocycles. The highest BCUT2D eigenvalue weighted by Gasteiger charge is 2.44. The fraction of sp³-hybridized carbons (Fsp3) is 0.889. The average molecular weight is 296 g/mol. The summed E-state index contributed by atoms with van der Waals surface area (Å²) in [6.45, 7) is 12.0. The molecule has 4 atom stereocenters. The standard InChI is InChI=1S/C18H32O3/c1-12(9-16(21)17(3,4)5)18(6)8-7-15(20)11-14(18)10-13(2)19/h12-14,19H,7-11H2,1-6H3/t12?,13?,14-,18-/m1/s1. The molecule has 1 aliphatic rings. The van der Waals surface area contributed by atoms with E-state index in [1.807, 2.05) is 20.8 Å². The summed E-state index contributed by atoms with van der Waals surface area (Å²) >= 11 is 0. The van der Waals surface area contributed by atoms with E-state index in [4.69, 9.17) is 0 Å². The van der Waals surface area contributed by atoms with Crippen molar-refractivity contribution < 1.29 is 14.7 Å². The van der Waals surface area contributed by atoms with E-state index in [2.05, 4.69) is 13.8 Å². The lowest BCUT2D eigenvalue weighted by atomic mass is 9.58. The maximum absolute atomic E-state index is 12.3. The molecule has 122 valence electrons. The van der Waals surface area contributed by atoms with Crippen LogP contribution < -0.4 is 0 Å². The van der Waals surface area contributed by atoms with E-state index in [9.17, 15) is 14.7 Å². The lowest BCUT2D eigenvalue weighted by Crippen LogP contribution is -2.42. The third-order valence-electron chi connectivity index (χ3n) is 5.43. The lowest BCUT2D eigenvalue weighted by molar-refractivity contribution is -0.131. The van der Waals surface area contributed by atoms with E-state index in [0.29, 0.717) is 31.5 Å². The maximum Gasteiger partial charge on any atom is 0.138 e. The van der Waals surface area contributed by atoms with Gasteiger partial charge in [-0.25, -0.2) is 0 Å². The van der Waals surface area contributed by atoms with Gasteiger partial charge < -0.3 is 5.11 Å². The third-order valence-corrected chi connectivity index (χ3v) is 5.43. The molecule has 0 radical (unpaired) electrons. The van der Waals surface area contributed by atoms with Crippen LogP contribution >= 0.6 is 0 Å². The van der Waals surface area contributed by atoms with Crippen molar-refractivity contribution in [2.24, 2.45) is 22.7 Å². The predicted molar refractivity (Wildman–Crippen MR) is 85.0 cm³/mol. The summed E-state index contributed by atoms with van der Waals surface area (Å²) in [4.78, 5) is 24.1. The number of ketones is 2. The first-order valence-electron chi connectivity index (χ1n) is 8.20. The van der Waals surface area contributed by atoms with Gasteiger partial charge in [0.15, 0.2) is 0 Å². The highest BCUT2D eigenvalue weighted by Crippen LogP contribution is 2.49. The first-order chi connectivity index (χ1) is 9.46. The van der Waals surface area contributed by atoms with Crippen LogP contribution in [0, 0.1) is 22.7 Å². The number of hydrogen-bond donors (Lipinski definition) is 1. The SMILES string of the molecule is CC(O)C[C@@H]1CC(=O)CC[C@]1(C)C(C)CC(=O)C(C)(C)C. The Morgan fingerprint density at radius 1 is 1.38 bits per heavy atom. The lowest BCUT2D eigenvalue weighted by Gasteiger charge is -2.46. The second-order valence-electron chi connectivity index (χ2n) is 8.31. The average Bonchev–Trinajstić information content (AvgIpc) is 2.32. The summed E-state index contributed by atoms with van der Waals surface area (Å²) in [5.74, 6) is 0.999. The fourth-order valence-electron chi connectivity index (χ4n) is 3.45. The summed E-state index contributed by atoms with van der Waals surface area (Å²) < 4.78 is 0. The highest BCUT2D eigenvalue weighted by atomic mass is 16.3. The molecule has 0 aliphatic heterocycles. The van der Waals surface area contributed by atoms with Gasteiger partial charge in [-0.2, -0.15) is 0 Å². The molecule has 1 aliphatic carbocycles. The van der Waals surface area contributed by atoms with Crippen LogP contribution in [0.3, 0.4) is 0 Å². The quantitative estimate of drug-likeness (QED) is 0.840. The number of carbonyl (C=O) groups excluding carboxylic acids is 2. The Morgan fingerprint density at radius 2 is 1.95 bits per heavy atom. The summed E-state index contributed by atoms with van der Waals surface area (Å²) in [5.41, 5.74) is -0.347. The van der Waals surface area contributed by atoms with Crippen LogP contribution in [-0.4, -0.2) is 22.8 Å². The molecule has 1 fully saturated rings. The largest absolute Gasteiger partial charge is 0.393 e. The van der Waals surface area contributed by atoms with E-state index in [0.717, 1.165) is 6.42 Å². The fourth-order valence-corrected chi connectivity index (χ4v) is 3.45. The van der Waals surface area contributed by atoms with Gasteiger partial charge in [0, 0.05) is 24.7 Å². The van der Waals surface area contributed by atoms with Crippen molar-refractivity contribution >= 4 is 11.6 Å². The molecule has 0 amide bonds. The van der Waals surface area contributed by atoms with Crippen LogP contribution in [0.5, 0.6) is 0 Å². The smallest absolute Gasteiger partial charge is 0.138 e. The van der Waals surface area contributed by atoms with Crippen molar-refractivity contribution in [2.45, 2.75) is 79.8 Å². The van der Waals surface area contributed by atoms with Crippen LogP contribution in [0.1, 0.15) is 73.6 Å². The molecule has 1 rings (SSSR count). The van der Waals surface area contributed by atoms with Crippen molar-refractivity contribution in [3.8, 4) is 0 Å². The second kappa shape index (κ2) is 6.60. The van der Waals surface area contributed by atoms with Crippen molar-refractivity contribution in [3.63, 3.8) is 0 Å². The molecule has 2 unspecified atom stereocenters. The summed E-state index contributed by atoms with van der Waals surface area (Å²) in [5, 5.41) is 9.74. The van der Waals surface area contributed by atoms with Crippen LogP contribution in [0.2, 0.25) is 0 Å². The van der Waals surface area contributed by atoms with Crippen molar-refractivity contribution in [2.75, 3.05) is 0 Å². The van der Waals surface area contributed by atoms with Gasteiger partial charge in [0.05, 0.1) is 6.10 Å². The van der Waals surface area contributed by atoms with Crippen LogP contribution in [-0.2, 0) is 9.59 Å². The Balaban J connectivity index is 2.88. The van der Waals surface area contributed by atoms with E-state index in [1.165, 1.54) is 0 Å². The molecule has 3 nitrogen and oxygen atoms in total. The Bertz CT molecular complexity index is 392. The number of aliphatic hydroxyl groups excluding tert-OH is 1. The molecule has 0 heterocycles. The monoisotopic (exact) mass is 296 g/mol. The van der Waals surface area contributed by atoms with Gasteiger partial charge in [-0.1, -0.05) is 34.6 Å². The summed E-state index contributed by atoms with van der Waals surface area (Å²) in [7, 11) is 0. The molecule has 0 aromatic rings. The number of carbonyl (C=O) groups is 2. The van der Waals surface area contributed by atoms with Gasteiger partial charge in [0.25, 0.3) is 0 Å². The molecule has 1 N–H and O–H groups in total. The van der Waals surface area contributed by atoms with Crippen LogP contribution in [0.25, 0.3) is 0 Å². The number of Topliss-reactive ketones (excluding diaryl/α,β-unsaturated/α-hetero) is 2. The molecule has 0 bridgehead atoms. The van der Waals surface area contributed by atoms with E-state index < -0.39 is 6.10 Å². The van der Waals surface area contributed by atoms with Crippen molar-refractivity contribution in [3.05, 3.63) is 0 Å². The van der Waals surface area contributed by atoms with Gasteiger partial charge in [-0.15, -0.1) is 0 Å². The summed E-state index contributed by atoms with van der Waals surface area (Å²) in [6.07, 6.45) is 2.81. The third kappa shape index (κ3) is 4.64. The number of aliphatic hydroxyl groups is 1. The van der Waals surface area contributed by atoms with Gasteiger partial charge in [-0.05, 0) is 37.0 Å². The molecule has 0 spiro atoms. The minimum atomic E-state index is -0.397. The minimum Gasteiger partial charge on any atom is -0.393 e. The first kappa shape index (κ1) is 18.3. The van der Waals surface area contributed by atoms with E-state index in [1.54, 1.807) is 6.92 Å². The van der Waals surface area contributed by atoms with Crippen molar-refractivity contribution in [1.82, 2.24) is 0 Å². The van der Waals surface area contributed by atoms with E-state index in [-0.39, 0.29) is 28.4 Å². The molecule has 0 aromatic carbocycles. The number of hydrogen-bond acceptors (Lipinski definition) is 3. The zero-order chi connectivity index (χ0) is 16.4. The normalized spacial score (nSPS) is 30.0. The molecule has 21 heavy (non-hydrogen) atoms. The molecule has 3 heteroatoms. The van der Waals surface area contributed by atoms with Gasteiger partial charge >= 0.3 is 0 Å². The van der Waals surface area contributed by atoms with E-state index >= 15 is 0 Å². The number of rotatable bonds is 5.